The summed E-state index contributed by atoms with van der Waals surface area (Å²) in [5.41, 5.74) is 1.88. The molecule has 0 bridgehead atoms. The van der Waals surface area contributed by atoms with Gasteiger partial charge in [-0.05, 0) is 29.7 Å². The molecule has 0 saturated heterocycles. The Labute approximate surface area is 144 Å². The molecular formula is C21H28FNO. The van der Waals surface area contributed by atoms with Crippen molar-refractivity contribution in [2.75, 3.05) is 0 Å². The van der Waals surface area contributed by atoms with E-state index in [0.29, 0.717) is 19.4 Å². The zero-order chi connectivity index (χ0) is 17.7. The van der Waals surface area contributed by atoms with Gasteiger partial charge in [0.05, 0.1) is 0 Å². The minimum Gasteiger partial charge on any atom is -0.347 e. The van der Waals surface area contributed by atoms with Gasteiger partial charge in [0.1, 0.15) is 6.17 Å². The van der Waals surface area contributed by atoms with E-state index in [1.165, 1.54) is 0 Å². The quantitative estimate of drug-likeness (QED) is 0.628. The van der Waals surface area contributed by atoms with E-state index in [4.69, 9.17) is 0 Å². The first-order chi connectivity index (χ1) is 11.2. The van der Waals surface area contributed by atoms with Gasteiger partial charge in [-0.15, -0.1) is 0 Å². The lowest BCUT2D eigenvalue weighted by Crippen LogP contribution is -2.08. The third-order valence-electron chi connectivity index (χ3n) is 6.46. The Morgan fingerprint density at radius 3 is 2.42 bits per heavy atom. The first-order valence-electron chi connectivity index (χ1n) is 8.98. The third kappa shape index (κ3) is 2.49. The highest BCUT2D eigenvalue weighted by molar-refractivity contribution is 6.11. The van der Waals surface area contributed by atoms with Crippen LogP contribution in [0.1, 0.15) is 57.8 Å². The summed E-state index contributed by atoms with van der Waals surface area (Å²) >= 11 is 0. The Morgan fingerprint density at radius 2 is 1.83 bits per heavy atom. The Morgan fingerprint density at radius 1 is 1.21 bits per heavy atom. The van der Waals surface area contributed by atoms with E-state index in [2.05, 4.69) is 27.7 Å². The van der Waals surface area contributed by atoms with Crippen LogP contribution in [0, 0.1) is 16.7 Å². The highest BCUT2D eigenvalue weighted by atomic mass is 19.1. The molecule has 0 amide bonds. The topological polar surface area (TPSA) is 22.0 Å². The van der Waals surface area contributed by atoms with Crippen molar-refractivity contribution >= 4 is 16.7 Å². The van der Waals surface area contributed by atoms with E-state index in [0.717, 1.165) is 16.5 Å². The van der Waals surface area contributed by atoms with E-state index in [9.17, 15) is 9.18 Å². The van der Waals surface area contributed by atoms with Crippen LogP contribution in [-0.4, -0.2) is 16.5 Å². The zero-order valence-corrected chi connectivity index (χ0v) is 15.4. The van der Waals surface area contributed by atoms with E-state index in [1.807, 2.05) is 42.0 Å². The lowest BCUT2D eigenvalue weighted by atomic mass is 10.0. The summed E-state index contributed by atoms with van der Waals surface area (Å²) in [6.45, 7) is 11.2. The van der Waals surface area contributed by atoms with Crippen molar-refractivity contribution in [1.82, 2.24) is 4.57 Å². The summed E-state index contributed by atoms with van der Waals surface area (Å²) in [6, 6.07) is 7.98. The molecule has 0 N–H and O–H groups in total. The molecule has 0 unspecified atom stereocenters. The van der Waals surface area contributed by atoms with Crippen molar-refractivity contribution in [2.45, 2.75) is 60.2 Å². The fourth-order valence-electron chi connectivity index (χ4n) is 4.12. The molecule has 1 aliphatic carbocycles. The van der Waals surface area contributed by atoms with Crippen molar-refractivity contribution in [2.24, 2.45) is 16.7 Å². The molecule has 0 spiro atoms. The summed E-state index contributed by atoms with van der Waals surface area (Å²) in [5.74, 6) is 0.279. The molecule has 0 radical (unpaired) electrons. The second-order valence-corrected chi connectivity index (χ2v) is 8.29. The Hall–Kier alpha value is -1.64. The number of Topliss-reactive ketones (excluding diaryl/α,β-unsaturated/α-hetero) is 1. The predicted octanol–water partition coefficient (Wildman–Crippen LogP) is 5.64. The number of fused-ring (bicyclic) bond motifs is 1. The molecule has 1 atom stereocenters. The number of rotatable bonds is 6. The molecule has 3 heteroatoms. The molecule has 1 heterocycles. The van der Waals surface area contributed by atoms with Gasteiger partial charge < -0.3 is 4.57 Å². The van der Waals surface area contributed by atoms with Crippen LogP contribution < -0.4 is 0 Å². The number of benzene rings is 1. The van der Waals surface area contributed by atoms with Crippen molar-refractivity contribution in [3.8, 4) is 0 Å². The van der Waals surface area contributed by atoms with Crippen LogP contribution in [0.5, 0.6) is 0 Å². The fraction of sp³-hybridized carbons (Fsp3) is 0.571. The average molecular weight is 329 g/mol. The SMILES string of the molecule is CC[C@@H](F)CCn1cc(C(=O)C2C(C)(C)C2(C)C)c2ccccc21. The summed E-state index contributed by atoms with van der Waals surface area (Å²) < 4.78 is 15.7. The molecule has 1 aliphatic rings. The summed E-state index contributed by atoms with van der Waals surface area (Å²) in [4.78, 5) is 13.2. The van der Waals surface area contributed by atoms with E-state index in [-0.39, 0.29) is 22.5 Å². The highest BCUT2D eigenvalue weighted by Gasteiger charge is 2.68. The predicted molar refractivity (Wildman–Crippen MR) is 97.1 cm³/mol. The largest absolute Gasteiger partial charge is 0.347 e. The molecular weight excluding hydrogens is 301 g/mol. The fourth-order valence-corrected chi connectivity index (χ4v) is 4.12. The van der Waals surface area contributed by atoms with Crippen molar-refractivity contribution in [3.05, 3.63) is 36.0 Å². The van der Waals surface area contributed by atoms with Gasteiger partial charge >= 0.3 is 0 Å². The second kappa shape index (κ2) is 5.72. The van der Waals surface area contributed by atoms with Gasteiger partial charge in [-0.1, -0.05) is 52.8 Å². The van der Waals surface area contributed by atoms with Gasteiger partial charge in [-0.2, -0.15) is 0 Å². The minimum absolute atomic E-state index is 0.0273. The van der Waals surface area contributed by atoms with Crippen LogP contribution in [0.25, 0.3) is 10.9 Å². The number of hydrogen-bond acceptors (Lipinski definition) is 1. The van der Waals surface area contributed by atoms with Gasteiger partial charge in [-0.25, -0.2) is 4.39 Å². The number of aryl methyl sites for hydroxylation is 1. The number of carbonyl (C=O) groups is 1. The molecule has 24 heavy (non-hydrogen) atoms. The van der Waals surface area contributed by atoms with Crippen LogP contribution in [0.3, 0.4) is 0 Å². The monoisotopic (exact) mass is 329 g/mol. The van der Waals surface area contributed by atoms with Crippen LogP contribution in [0.15, 0.2) is 30.5 Å². The summed E-state index contributed by atoms with van der Waals surface area (Å²) in [7, 11) is 0. The molecule has 2 nitrogen and oxygen atoms in total. The molecule has 1 fully saturated rings. The molecule has 1 saturated carbocycles. The number of aromatic nitrogens is 1. The van der Waals surface area contributed by atoms with Gasteiger partial charge in [0, 0.05) is 35.1 Å². The number of alkyl halides is 1. The Bertz CT molecular complexity index is 757. The Balaban J connectivity index is 1.96. The molecule has 2 aromatic rings. The lowest BCUT2D eigenvalue weighted by molar-refractivity contribution is 0.0946. The van der Waals surface area contributed by atoms with Gasteiger partial charge in [0.15, 0.2) is 5.78 Å². The van der Waals surface area contributed by atoms with Crippen molar-refractivity contribution < 1.29 is 9.18 Å². The highest BCUT2D eigenvalue weighted by Crippen LogP contribution is 2.69. The third-order valence-corrected chi connectivity index (χ3v) is 6.46. The first kappa shape index (κ1) is 17.2. The zero-order valence-electron chi connectivity index (χ0n) is 15.4. The number of para-hydroxylation sites is 1. The summed E-state index contributed by atoms with van der Waals surface area (Å²) in [5, 5.41) is 0.993. The van der Waals surface area contributed by atoms with Crippen LogP contribution in [0.2, 0.25) is 0 Å². The maximum atomic E-state index is 13.6. The normalized spacial score (nSPS) is 20.2. The number of halogens is 1. The van der Waals surface area contributed by atoms with E-state index in [1.54, 1.807) is 0 Å². The molecule has 130 valence electrons. The van der Waals surface area contributed by atoms with Gasteiger partial charge in [-0.3, -0.25) is 4.79 Å². The maximum Gasteiger partial charge on any atom is 0.169 e. The summed E-state index contributed by atoms with van der Waals surface area (Å²) in [6.07, 6.45) is 2.19. The second-order valence-electron chi connectivity index (χ2n) is 8.29. The molecule has 1 aromatic carbocycles. The molecule has 3 rings (SSSR count). The number of ketones is 1. The number of nitrogens with zero attached hydrogens (tertiary/aromatic N) is 1. The first-order valence-corrected chi connectivity index (χ1v) is 8.98. The van der Waals surface area contributed by atoms with Crippen LogP contribution in [0.4, 0.5) is 4.39 Å². The molecule has 0 aliphatic heterocycles. The van der Waals surface area contributed by atoms with Crippen LogP contribution in [-0.2, 0) is 6.54 Å². The van der Waals surface area contributed by atoms with Crippen molar-refractivity contribution in [3.63, 3.8) is 0 Å². The van der Waals surface area contributed by atoms with Gasteiger partial charge in [0.2, 0.25) is 0 Å². The van der Waals surface area contributed by atoms with Crippen LogP contribution >= 0.6 is 0 Å². The maximum absolute atomic E-state index is 13.6. The van der Waals surface area contributed by atoms with Crippen molar-refractivity contribution in [1.29, 1.82) is 0 Å². The number of hydrogen-bond donors (Lipinski definition) is 0. The number of carbonyl (C=O) groups excluding carboxylic acids is 1. The lowest BCUT2D eigenvalue weighted by Gasteiger charge is -2.07. The minimum atomic E-state index is -0.786. The van der Waals surface area contributed by atoms with Gasteiger partial charge in [0.25, 0.3) is 0 Å². The average Bonchev–Trinajstić information content (AvgIpc) is 2.84. The molecule has 1 aromatic heterocycles. The Kier molecular flexibility index (Phi) is 4.09. The van der Waals surface area contributed by atoms with E-state index >= 15 is 0 Å². The standard InChI is InChI=1S/C21H28FNO/c1-6-14(22)11-12-23-13-16(15-9-7-8-10-17(15)23)18(24)19-20(2,3)21(19,4)5/h7-10,13-14,19H,6,11-12H2,1-5H3/t14-/m1/s1. The smallest absolute Gasteiger partial charge is 0.169 e. The van der Waals surface area contributed by atoms with E-state index < -0.39 is 6.17 Å².